The first kappa shape index (κ1) is 41.6. The highest BCUT2D eigenvalue weighted by Crippen LogP contribution is 2.37. The summed E-state index contributed by atoms with van der Waals surface area (Å²) in [6, 6.07) is 70.8. The summed E-state index contributed by atoms with van der Waals surface area (Å²) in [5.41, 5.74) is 20.5. The van der Waals surface area contributed by atoms with Gasteiger partial charge in [-0.15, -0.1) is 0 Å². The van der Waals surface area contributed by atoms with Crippen LogP contribution in [-0.4, -0.2) is 15.0 Å². The van der Waals surface area contributed by atoms with Gasteiger partial charge in [0.1, 0.15) is 0 Å². The van der Waals surface area contributed by atoms with Crippen molar-refractivity contribution in [2.45, 2.75) is 27.7 Å². The molecule has 0 fully saturated rings. The third-order valence-electron chi connectivity index (χ3n) is 12.0. The van der Waals surface area contributed by atoms with Crippen LogP contribution in [0.4, 0.5) is 34.1 Å². The fourth-order valence-corrected chi connectivity index (χ4v) is 8.21. The smallest absolute Gasteiger partial charge is 0.0719 e. The molecule has 0 atom stereocenters. The van der Waals surface area contributed by atoms with Crippen LogP contribution in [0, 0.1) is 27.7 Å². The van der Waals surface area contributed by atoms with E-state index in [-0.39, 0.29) is 0 Å². The van der Waals surface area contributed by atoms with Gasteiger partial charge in [0.05, 0.1) is 34.5 Å². The van der Waals surface area contributed by atoms with E-state index in [1.165, 1.54) is 22.3 Å². The second-order valence-electron chi connectivity index (χ2n) is 17.0. The number of nitrogens with zero attached hydrogens (tertiary/aromatic N) is 5. The van der Waals surface area contributed by atoms with Crippen LogP contribution in [0.1, 0.15) is 33.4 Å². The number of fused-ring (bicyclic) bond motifs is 1. The van der Waals surface area contributed by atoms with E-state index in [0.717, 1.165) is 89.9 Å². The lowest BCUT2D eigenvalue weighted by Gasteiger charge is -2.25. The van der Waals surface area contributed by atoms with Crippen molar-refractivity contribution in [2.24, 2.45) is 0 Å². The zero-order chi connectivity index (χ0) is 45.0. The van der Waals surface area contributed by atoms with Crippen LogP contribution in [0.5, 0.6) is 0 Å². The predicted octanol–water partition coefficient (Wildman–Crippen LogP) is 16.4. The molecular weight excluding hydrogens is 803 g/mol. The third-order valence-corrected chi connectivity index (χ3v) is 12.0. The number of pyridine rings is 3. The molecule has 3 heterocycles. The second-order valence-corrected chi connectivity index (χ2v) is 17.0. The first-order valence-electron chi connectivity index (χ1n) is 22.4. The molecule has 3 aromatic heterocycles. The summed E-state index contributed by atoms with van der Waals surface area (Å²) >= 11 is 0. The first-order valence-corrected chi connectivity index (χ1v) is 22.4. The van der Waals surface area contributed by atoms with E-state index in [1.807, 2.05) is 12.4 Å². The third kappa shape index (κ3) is 9.15. The number of hydrogen-bond donors (Lipinski definition) is 0. The van der Waals surface area contributed by atoms with Gasteiger partial charge in [-0.1, -0.05) is 131 Å². The standard InChI is InChI=1S/C61H49N5/c1-42-5-24-52(25-6-42)65(53-26-7-43(2)8-27-53)56-32-17-47(18-33-56)14-13-46-15-19-48(20-16-46)60-36-22-50-39-49(21-37-61(50)64-60)58-35-23-51(40-62-58)59-38-34-57(41-63-59)66(54-28-9-44(3)10-29-54)55-30-11-45(4)12-31-55/h5-41H,1-4H3/b14-13+. The zero-order valence-corrected chi connectivity index (χ0v) is 37.6. The van der Waals surface area contributed by atoms with Crippen LogP contribution in [0.2, 0.25) is 0 Å². The van der Waals surface area contributed by atoms with Crippen LogP contribution in [-0.2, 0) is 0 Å². The fourth-order valence-electron chi connectivity index (χ4n) is 8.21. The Morgan fingerprint density at radius 1 is 0.318 bits per heavy atom. The summed E-state index contributed by atoms with van der Waals surface area (Å²) in [5.74, 6) is 0. The van der Waals surface area contributed by atoms with Gasteiger partial charge in [-0.2, -0.15) is 0 Å². The molecule has 10 aromatic rings. The number of benzene rings is 7. The van der Waals surface area contributed by atoms with Crippen LogP contribution in [0.3, 0.4) is 0 Å². The molecule has 0 aliphatic rings. The topological polar surface area (TPSA) is 45.2 Å². The molecule has 5 heteroatoms. The molecule has 0 aliphatic heterocycles. The maximum Gasteiger partial charge on any atom is 0.0719 e. The number of hydrogen-bond acceptors (Lipinski definition) is 5. The number of rotatable bonds is 11. The lowest BCUT2D eigenvalue weighted by Crippen LogP contribution is -2.10. The minimum Gasteiger partial charge on any atom is -0.311 e. The lowest BCUT2D eigenvalue weighted by molar-refractivity contribution is 1.22. The van der Waals surface area contributed by atoms with Crippen molar-refractivity contribution in [2.75, 3.05) is 9.80 Å². The van der Waals surface area contributed by atoms with E-state index >= 15 is 0 Å². The van der Waals surface area contributed by atoms with Crippen molar-refractivity contribution in [3.63, 3.8) is 0 Å². The van der Waals surface area contributed by atoms with E-state index in [1.54, 1.807) is 0 Å². The minimum atomic E-state index is 0.871. The fraction of sp³-hybridized carbons (Fsp3) is 0.0656. The van der Waals surface area contributed by atoms with E-state index < -0.39 is 0 Å². The molecule has 0 radical (unpaired) electrons. The Bertz CT molecular complexity index is 3180. The van der Waals surface area contributed by atoms with Crippen LogP contribution >= 0.6 is 0 Å². The van der Waals surface area contributed by atoms with Gasteiger partial charge in [-0.05, 0) is 142 Å². The highest BCUT2D eigenvalue weighted by atomic mass is 15.1. The maximum atomic E-state index is 5.04. The molecule has 0 spiro atoms. The van der Waals surface area contributed by atoms with Crippen LogP contribution < -0.4 is 9.80 Å². The van der Waals surface area contributed by atoms with Crippen molar-refractivity contribution in [1.29, 1.82) is 0 Å². The van der Waals surface area contributed by atoms with Crippen LogP contribution in [0.25, 0.3) is 56.8 Å². The summed E-state index contributed by atoms with van der Waals surface area (Å²) in [6.45, 7) is 8.46. The molecule has 66 heavy (non-hydrogen) atoms. The summed E-state index contributed by atoms with van der Waals surface area (Å²) in [7, 11) is 0. The van der Waals surface area contributed by atoms with E-state index in [9.17, 15) is 0 Å². The summed E-state index contributed by atoms with van der Waals surface area (Å²) in [6.07, 6.45) is 8.17. The van der Waals surface area contributed by atoms with Crippen molar-refractivity contribution >= 4 is 57.2 Å². The quantitative estimate of drug-likeness (QED) is 0.121. The molecule has 318 valence electrons. The largest absolute Gasteiger partial charge is 0.311 e. The molecule has 0 amide bonds. The maximum absolute atomic E-state index is 5.04. The lowest BCUT2D eigenvalue weighted by atomic mass is 10.0. The normalized spacial score (nSPS) is 11.3. The molecule has 10 rings (SSSR count). The van der Waals surface area contributed by atoms with Crippen LogP contribution in [0.15, 0.2) is 213 Å². The summed E-state index contributed by atoms with van der Waals surface area (Å²) in [4.78, 5) is 19.3. The van der Waals surface area contributed by atoms with Gasteiger partial charge >= 0.3 is 0 Å². The molecule has 0 bridgehead atoms. The predicted molar refractivity (Wildman–Crippen MR) is 277 cm³/mol. The van der Waals surface area contributed by atoms with Gasteiger partial charge in [-0.3, -0.25) is 9.97 Å². The Hall–Kier alpha value is -8.41. The number of anilines is 6. The minimum absolute atomic E-state index is 0.871. The summed E-state index contributed by atoms with van der Waals surface area (Å²) in [5, 5.41) is 1.07. The Balaban J connectivity index is 0.804. The van der Waals surface area contributed by atoms with E-state index in [0.29, 0.717) is 0 Å². The average molecular weight is 852 g/mol. The molecule has 0 saturated carbocycles. The van der Waals surface area contributed by atoms with Gasteiger partial charge in [0, 0.05) is 56.7 Å². The van der Waals surface area contributed by atoms with Crippen molar-refractivity contribution in [3.8, 4) is 33.8 Å². The highest BCUT2D eigenvalue weighted by molar-refractivity contribution is 5.86. The van der Waals surface area contributed by atoms with Crippen molar-refractivity contribution in [3.05, 3.63) is 246 Å². The molecule has 0 unspecified atom stereocenters. The molecular formula is C61H49N5. The molecule has 0 N–H and O–H groups in total. The van der Waals surface area contributed by atoms with Gasteiger partial charge < -0.3 is 9.80 Å². The van der Waals surface area contributed by atoms with Gasteiger partial charge in [0.25, 0.3) is 0 Å². The highest BCUT2D eigenvalue weighted by Gasteiger charge is 2.15. The Morgan fingerprint density at radius 3 is 1.17 bits per heavy atom. The van der Waals surface area contributed by atoms with E-state index in [2.05, 4.69) is 250 Å². The SMILES string of the molecule is Cc1ccc(N(c2ccc(C)cc2)c2ccc(/C=C/c3ccc(-c4ccc5cc(-c6ccc(-c7ccc(N(c8ccc(C)cc8)c8ccc(C)cc8)cn7)cn6)ccc5n4)cc3)cc2)cc1. The monoisotopic (exact) mass is 851 g/mol. The molecule has 0 saturated heterocycles. The van der Waals surface area contributed by atoms with Gasteiger partial charge in [-0.25, -0.2) is 4.98 Å². The van der Waals surface area contributed by atoms with Crippen molar-refractivity contribution in [1.82, 2.24) is 15.0 Å². The number of aryl methyl sites for hydroxylation is 4. The van der Waals surface area contributed by atoms with Gasteiger partial charge in [0.2, 0.25) is 0 Å². The zero-order valence-electron chi connectivity index (χ0n) is 37.6. The van der Waals surface area contributed by atoms with Gasteiger partial charge in [0.15, 0.2) is 0 Å². The Kier molecular flexibility index (Phi) is 11.6. The van der Waals surface area contributed by atoms with Crippen molar-refractivity contribution < 1.29 is 0 Å². The summed E-state index contributed by atoms with van der Waals surface area (Å²) < 4.78 is 0. The average Bonchev–Trinajstić information content (AvgIpc) is 3.36. The van der Waals surface area contributed by atoms with E-state index in [4.69, 9.17) is 15.0 Å². The molecule has 5 nitrogen and oxygen atoms in total. The second kappa shape index (κ2) is 18.4. The number of aromatic nitrogens is 3. The Labute approximate surface area is 387 Å². The molecule has 0 aliphatic carbocycles. The first-order chi connectivity index (χ1) is 32.3. The Morgan fingerprint density at radius 2 is 0.697 bits per heavy atom. The molecule has 7 aromatic carbocycles.